The van der Waals surface area contributed by atoms with Crippen molar-refractivity contribution in [3.05, 3.63) is 77.4 Å². The van der Waals surface area contributed by atoms with Gasteiger partial charge in [0, 0.05) is 24.8 Å². The average Bonchev–Trinajstić information content (AvgIpc) is 3.09. The Bertz CT molecular complexity index is 1110. The summed E-state index contributed by atoms with van der Waals surface area (Å²) in [4.78, 5) is 16.6. The summed E-state index contributed by atoms with van der Waals surface area (Å²) in [5.74, 6) is -0.624. The highest BCUT2D eigenvalue weighted by Crippen LogP contribution is 2.56. The number of carbonyl (C=O) groups is 1. The third-order valence-electron chi connectivity index (χ3n) is 7.18. The Morgan fingerprint density at radius 1 is 1.24 bits per heavy atom. The lowest BCUT2D eigenvalue weighted by Crippen LogP contribution is -2.36. The van der Waals surface area contributed by atoms with Gasteiger partial charge >= 0.3 is 0 Å². The van der Waals surface area contributed by atoms with E-state index in [1.807, 2.05) is 6.07 Å². The predicted octanol–water partition coefficient (Wildman–Crippen LogP) is 6.32. The first-order valence-corrected chi connectivity index (χ1v) is 11.4. The molecular weight excluding hydrogens is 420 g/mol. The van der Waals surface area contributed by atoms with Crippen LogP contribution in [0.25, 0.3) is 0 Å². The van der Waals surface area contributed by atoms with Gasteiger partial charge in [0.15, 0.2) is 0 Å². The number of aliphatic imine (C=N–C) groups is 1. The highest BCUT2D eigenvalue weighted by molar-refractivity contribution is 6.07. The molecule has 0 radical (unpaired) electrons. The predicted molar refractivity (Wildman–Crippen MR) is 127 cm³/mol. The molecule has 0 aliphatic heterocycles. The number of amides is 1. The van der Waals surface area contributed by atoms with Crippen LogP contribution in [-0.4, -0.2) is 17.8 Å². The van der Waals surface area contributed by atoms with Crippen LogP contribution in [0, 0.1) is 34.3 Å². The van der Waals surface area contributed by atoms with E-state index in [1.54, 1.807) is 18.2 Å². The van der Waals surface area contributed by atoms with Crippen molar-refractivity contribution in [1.29, 1.82) is 5.41 Å². The van der Waals surface area contributed by atoms with Gasteiger partial charge < -0.3 is 10.7 Å². The van der Waals surface area contributed by atoms with Crippen molar-refractivity contribution < 1.29 is 13.6 Å². The van der Waals surface area contributed by atoms with Gasteiger partial charge in [0.25, 0.3) is 0 Å². The minimum absolute atomic E-state index is 0.131. The summed E-state index contributed by atoms with van der Waals surface area (Å²) in [5, 5.41) is 11.0. The SMILES string of the molecule is CC(=O)NC(CC1CCC2=CC(=Nc3ccc(F)cc3)C(C=N)CC21C)c1cccc(F)c1. The van der Waals surface area contributed by atoms with Crippen molar-refractivity contribution in [3.8, 4) is 0 Å². The number of hydrogen-bond acceptors (Lipinski definition) is 3. The molecule has 0 heterocycles. The van der Waals surface area contributed by atoms with Crippen molar-refractivity contribution in [3.63, 3.8) is 0 Å². The maximum Gasteiger partial charge on any atom is 0.217 e. The molecule has 0 aromatic heterocycles. The molecule has 172 valence electrons. The van der Waals surface area contributed by atoms with Gasteiger partial charge in [0.2, 0.25) is 5.91 Å². The van der Waals surface area contributed by atoms with Crippen molar-refractivity contribution in [2.24, 2.45) is 22.2 Å². The van der Waals surface area contributed by atoms with Gasteiger partial charge in [-0.2, -0.15) is 0 Å². The minimum Gasteiger partial charge on any atom is -0.350 e. The number of rotatable bonds is 6. The molecule has 1 amide bonds. The molecule has 2 aromatic rings. The summed E-state index contributed by atoms with van der Waals surface area (Å²) in [5.41, 5.74) is 3.43. The molecule has 2 aliphatic carbocycles. The molecule has 4 atom stereocenters. The fourth-order valence-corrected chi connectivity index (χ4v) is 5.41. The Morgan fingerprint density at radius 3 is 2.67 bits per heavy atom. The quantitative estimate of drug-likeness (QED) is 0.498. The van der Waals surface area contributed by atoms with E-state index in [9.17, 15) is 13.6 Å². The number of allylic oxidation sites excluding steroid dienone is 2. The monoisotopic (exact) mass is 449 g/mol. The Hall–Kier alpha value is -3.15. The normalized spacial score (nSPS) is 26.4. The Labute approximate surface area is 193 Å². The fraction of sp³-hybridized carbons (Fsp3) is 0.370. The molecule has 4 unspecified atom stereocenters. The van der Waals surface area contributed by atoms with Gasteiger partial charge in [-0.3, -0.25) is 9.79 Å². The van der Waals surface area contributed by atoms with Gasteiger partial charge in [-0.25, -0.2) is 8.78 Å². The van der Waals surface area contributed by atoms with Gasteiger partial charge in [-0.05, 0) is 85.1 Å². The lowest BCUT2D eigenvalue weighted by molar-refractivity contribution is -0.119. The number of hydrogen-bond donors (Lipinski definition) is 2. The highest BCUT2D eigenvalue weighted by atomic mass is 19.1. The van der Waals surface area contributed by atoms with E-state index in [4.69, 9.17) is 10.4 Å². The summed E-state index contributed by atoms with van der Waals surface area (Å²) < 4.78 is 27.1. The summed E-state index contributed by atoms with van der Waals surface area (Å²) in [7, 11) is 0. The molecule has 2 N–H and O–H groups in total. The molecule has 2 aliphatic rings. The molecule has 1 fully saturated rings. The van der Waals surface area contributed by atoms with E-state index in [0.29, 0.717) is 12.1 Å². The highest BCUT2D eigenvalue weighted by Gasteiger charge is 2.47. The van der Waals surface area contributed by atoms with Crippen LogP contribution < -0.4 is 5.32 Å². The van der Waals surface area contributed by atoms with Gasteiger partial charge in [0.1, 0.15) is 11.6 Å². The molecule has 0 bridgehead atoms. The first kappa shape index (κ1) is 23.0. The van der Waals surface area contributed by atoms with E-state index < -0.39 is 0 Å². The standard InChI is InChI=1S/C27H29F2N3O/c1-17(33)31-25(18-4-3-5-23(29)12-18)13-20-6-7-21-14-26(19(16-30)15-27(20,21)2)32-24-10-8-22(28)9-11-24/h3-5,8-12,14,16,19-20,25,30H,6-7,13,15H2,1-2H3,(H,31,33). The summed E-state index contributed by atoms with van der Waals surface area (Å²) in [6, 6.07) is 12.2. The number of benzene rings is 2. The van der Waals surface area contributed by atoms with Gasteiger partial charge in [-0.1, -0.05) is 24.6 Å². The number of fused-ring (bicyclic) bond motifs is 1. The average molecular weight is 450 g/mol. The third kappa shape index (κ3) is 4.95. The van der Waals surface area contributed by atoms with E-state index in [0.717, 1.165) is 30.5 Å². The molecule has 0 spiro atoms. The molecule has 2 aromatic carbocycles. The zero-order valence-electron chi connectivity index (χ0n) is 18.9. The van der Waals surface area contributed by atoms with E-state index in [-0.39, 0.29) is 40.8 Å². The van der Waals surface area contributed by atoms with Crippen molar-refractivity contribution >= 4 is 23.5 Å². The zero-order chi connectivity index (χ0) is 23.6. The second-order valence-electron chi connectivity index (χ2n) is 9.36. The molecule has 1 saturated carbocycles. The van der Waals surface area contributed by atoms with Gasteiger partial charge in [0.05, 0.1) is 11.7 Å². The molecule has 4 rings (SSSR count). The van der Waals surface area contributed by atoms with E-state index in [1.165, 1.54) is 43.0 Å². The van der Waals surface area contributed by atoms with E-state index >= 15 is 0 Å². The van der Waals surface area contributed by atoms with Crippen LogP contribution in [0.15, 0.2) is 65.2 Å². The second-order valence-corrected chi connectivity index (χ2v) is 9.36. The van der Waals surface area contributed by atoms with Crippen LogP contribution in [-0.2, 0) is 4.79 Å². The number of nitrogens with zero attached hydrogens (tertiary/aromatic N) is 1. The Balaban J connectivity index is 1.62. The maximum absolute atomic E-state index is 13.9. The Morgan fingerprint density at radius 2 is 2.00 bits per heavy atom. The molecule has 6 heteroatoms. The number of nitrogens with one attached hydrogen (secondary N) is 2. The van der Waals surface area contributed by atoms with Crippen LogP contribution in [0.1, 0.15) is 51.1 Å². The largest absolute Gasteiger partial charge is 0.350 e. The number of carbonyl (C=O) groups excluding carboxylic acids is 1. The van der Waals surface area contributed by atoms with Crippen molar-refractivity contribution in [2.75, 3.05) is 0 Å². The summed E-state index contributed by atoms with van der Waals surface area (Å²) in [6.07, 6.45) is 6.88. The lowest BCUT2D eigenvalue weighted by atomic mass is 9.65. The van der Waals surface area contributed by atoms with Crippen LogP contribution in [0.3, 0.4) is 0 Å². The van der Waals surface area contributed by atoms with Crippen molar-refractivity contribution in [2.45, 2.75) is 45.6 Å². The molecule has 0 saturated heterocycles. The maximum atomic E-state index is 13.9. The first-order valence-electron chi connectivity index (χ1n) is 11.4. The van der Waals surface area contributed by atoms with Crippen LogP contribution in [0.2, 0.25) is 0 Å². The fourth-order valence-electron chi connectivity index (χ4n) is 5.41. The Kier molecular flexibility index (Phi) is 6.54. The summed E-state index contributed by atoms with van der Waals surface area (Å²) in [6.45, 7) is 3.72. The zero-order valence-corrected chi connectivity index (χ0v) is 18.9. The van der Waals surface area contributed by atoms with Gasteiger partial charge in [-0.15, -0.1) is 0 Å². The number of halogens is 2. The lowest BCUT2D eigenvalue weighted by Gasteiger charge is -2.40. The minimum atomic E-state index is -0.316. The topological polar surface area (TPSA) is 65.3 Å². The summed E-state index contributed by atoms with van der Waals surface area (Å²) >= 11 is 0. The second kappa shape index (κ2) is 9.38. The first-order chi connectivity index (χ1) is 15.8. The molecular formula is C27H29F2N3O. The van der Waals surface area contributed by atoms with Crippen LogP contribution in [0.5, 0.6) is 0 Å². The van der Waals surface area contributed by atoms with E-state index in [2.05, 4.69) is 18.3 Å². The van der Waals surface area contributed by atoms with Crippen molar-refractivity contribution in [1.82, 2.24) is 5.32 Å². The van der Waals surface area contributed by atoms with Crippen LogP contribution >= 0.6 is 0 Å². The molecule has 4 nitrogen and oxygen atoms in total. The smallest absolute Gasteiger partial charge is 0.217 e. The molecule has 33 heavy (non-hydrogen) atoms. The third-order valence-corrected chi connectivity index (χ3v) is 7.18. The van der Waals surface area contributed by atoms with Crippen LogP contribution in [0.4, 0.5) is 14.5 Å².